The fourth-order valence-electron chi connectivity index (χ4n) is 8.03. The van der Waals surface area contributed by atoms with Crippen LogP contribution in [-0.4, -0.2) is 52.4 Å². The van der Waals surface area contributed by atoms with Gasteiger partial charge >= 0.3 is 0 Å². The summed E-state index contributed by atoms with van der Waals surface area (Å²) >= 11 is 0. The Labute approximate surface area is 215 Å². The molecule has 200 valence electrons. The second kappa shape index (κ2) is 8.73. The summed E-state index contributed by atoms with van der Waals surface area (Å²) in [6.45, 7) is 5.60. The molecule has 8 heteroatoms. The van der Waals surface area contributed by atoms with Crippen molar-refractivity contribution in [1.82, 2.24) is 5.32 Å². The van der Waals surface area contributed by atoms with Crippen LogP contribution in [0.25, 0.3) is 0 Å². The quantitative estimate of drug-likeness (QED) is 0.520. The number of nitrogens with one attached hydrogen (secondary N) is 1. The van der Waals surface area contributed by atoms with Gasteiger partial charge in [-0.15, -0.1) is 0 Å². The number of carbonyl (C=O) groups excluding carboxylic acids is 2. The molecule has 0 unspecified atom stereocenters. The fourth-order valence-corrected chi connectivity index (χ4v) is 8.03. The minimum Gasteiger partial charge on any atom is -0.492 e. The Morgan fingerprint density at radius 3 is 2.62 bits per heavy atom. The van der Waals surface area contributed by atoms with Crippen LogP contribution in [0.5, 0.6) is 5.75 Å². The number of ether oxygens (including phenoxy) is 1. The first-order valence-electron chi connectivity index (χ1n) is 13.1. The van der Waals surface area contributed by atoms with E-state index in [4.69, 9.17) is 4.74 Å². The molecule has 0 aromatic heterocycles. The fraction of sp³-hybridized carbons (Fsp3) is 0.586. The number of aliphatic hydroxyl groups excluding tert-OH is 1. The molecule has 0 radical (unpaired) electrons. The van der Waals surface area contributed by atoms with E-state index in [1.165, 1.54) is 36.4 Å². The zero-order valence-electron chi connectivity index (χ0n) is 21.5. The van der Waals surface area contributed by atoms with Gasteiger partial charge in [-0.2, -0.15) is 0 Å². The minimum atomic E-state index is -2.01. The molecule has 3 fully saturated rings. The minimum absolute atomic E-state index is 0.0737. The molecule has 4 aliphatic rings. The van der Waals surface area contributed by atoms with E-state index in [2.05, 4.69) is 5.32 Å². The molecule has 0 spiro atoms. The molecule has 6 nitrogen and oxygen atoms in total. The number of hydrogen-bond donors (Lipinski definition) is 3. The molecule has 4 aliphatic carbocycles. The largest absolute Gasteiger partial charge is 0.492 e. The number of allylic oxidation sites excluding steroid dienone is 4. The highest BCUT2D eigenvalue weighted by Gasteiger charge is 2.75. The molecule has 0 saturated heterocycles. The Morgan fingerprint density at radius 1 is 1.22 bits per heavy atom. The Hall–Kier alpha value is -2.58. The van der Waals surface area contributed by atoms with E-state index in [0.717, 1.165) is 0 Å². The van der Waals surface area contributed by atoms with E-state index in [1.54, 1.807) is 26.8 Å². The summed E-state index contributed by atoms with van der Waals surface area (Å²) in [5.41, 5.74) is -5.27. The number of hydrogen-bond acceptors (Lipinski definition) is 5. The number of ketones is 1. The van der Waals surface area contributed by atoms with Gasteiger partial charge in [0.05, 0.1) is 12.6 Å². The van der Waals surface area contributed by atoms with Crippen LogP contribution in [0.2, 0.25) is 0 Å². The van der Waals surface area contributed by atoms with Crippen molar-refractivity contribution in [3.05, 3.63) is 53.9 Å². The maximum Gasteiger partial charge on any atom is 0.252 e. The summed E-state index contributed by atoms with van der Waals surface area (Å²) in [6, 6.07) is 5.54. The van der Waals surface area contributed by atoms with Crippen molar-refractivity contribution < 1.29 is 33.3 Å². The van der Waals surface area contributed by atoms with Crippen molar-refractivity contribution in [2.24, 2.45) is 28.6 Å². The van der Waals surface area contributed by atoms with Crippen LogP contribution in [0, 0.1) is 34.4 Å². The second-order valence-corrected chi connectivity index (χ2v) is 11.7. The van der Waals surface area contributed by atoms with Gasteiger partial charge in [0.15, 0.2) is 17.1 Å². The van der Waals surface area contributed by atoms with Crippen LogP contribution >= 0.6 is 0 Å². The smallest absolute Gasteiger partial charge is 0.252 e. The summed E-state index contributed by atoms with van der Waals surface area (Å²) in [5, 5.41) is 26.1. The van der Waals surface area contributed by atoms with Gasteiger partial charge in [0.1, 0.15) is 18.2 Å². The normalized spacial score (nSPS) is 42.4. The topological polar surface area (TPSA) is 95.9 Å². The first-order chi connectivity index (χ1) is 17.4. The standard InChI is InChI=1S/C29H35F2NO5/c1-17-14-23-22-9-4-18-15-20(33)10-11-26(18,2)28(22,31)24(34)16-27(23,3)29(17,36)25(35)32-12-13-37-21-7-5-19(30)6-8-21/h5-8,10-11,15,17,22-24,34,36H,4,9,12-14,16H2,1-3H3,(H,32,35)/t17-,22+,23+,24+,26+,27+,28+,29+/m1/s1. The maximum atomic E-state index is 17.2. The first-order valence-corrected chi connectivity index (χ1v) is 13.1. The van der Waals surface area contributed by atoms with Gasteiger partial charge in [0, 0.05) is 16.7 Å². The molecule has 3 N–H and O–H groups in total. The molecule has 0 bridgehead atoms. The highest BCUT2D eigenvalue weighted by Crippen LogP contribution is 2.70. The third kappa shape index (κ3) is 3.55. The lowest BCUT2D eigenvalue weighted by Gasteiger charge is -2.62. The van der Waals surface area contributed by atoms with Crippen LogP contribution < -0.4 is 10.1 Å². The van der Waals surface area contributed by atoms with E-state index in [0.29, 0.717) is 30.6 Å². The number of fused-ring (bicyclic) bond motifs is 5. The molecule has 37 heavy (non-hydrogen) atoms. The molecular weight excluding hydrogens is 480 g/mol. The van der Waals surface area contributed by atoms with Crippen LogP contribution in [-0.2, 0) is 9.59 Å². The predicted octanol–water partition coefficient (Wildman–Crippen LogP) is 3.67. The van der Waals surface area contributed by atoms with Crippen molar-refractivity contribution in [1.29, 1.82) is 0 Å². The van der Waals surface area contributed by atoms with E-state index in [-0.39, 0.29) is 37.1 Å². The SMILES string of the molecule is C[C@@H]1C[C@H]2[C@@H]3CCC4=CC(=O)C=C[C@]4(C)[C@@]3(F)[C@@H](O)C[C@]2(C)[C@@]1(O)C(=O)NCCOc1ccc(F)cc1. The third-order valence-electron chi connectivity index (χ3n) is 10.0. The van der Waals surface area contributed by atoms with Crippen molar-refractivity contribution in [3.63, 3.8) is 0 Å². The van der Waals surface area contributed by atoms with E-state index in [1.807, 2.05) is 0 Å². The molecule has 0 heterocycles. The molecule has 1 aromatic rings. The summed E-state index contributed by atoms with van der Waals surface area (Å²) in [4.78, 5) is 25.5. The zero-order valence-corrected chi connectivity index (χ0v) is 21.5. The van der Waals surface area contributed by atoms with Gasteiger partial charge in [-0.25, -0.2) is 8.78 Å². The lowest BCUT2D eigenvalue weighted by molar-refractivity contribution is -0.219. The van der Waals surface area contributed by atoms with Gasteiger partial charge in [0.25, 0.3) is 5.91 Å². The zero-order chi connectivity index (χ0) is 26.8. The van der Waals surface area contributed by atoms with E-state index >= 15 is 4.39 Å². The molecule has 1 amide bonds. The molecule has 5 rings (SSSR count). The predicted molar refractivity (Wildman–Crippen MR) is 133 cm³/mol. The van der Waals surface area contributed by atoms with Gasteiger partial charge in [-0.1, -0.05) is 25.5 Å². The number of carbonyl (C=O) groups is 2. The molecular formula is C29H35F2NO5. The van der Waals surface area contributed by atoms with Gasteiger partial charge < -0.3 is 20.3 Å². The van der Waals surface area contributed by atoms with E-state index in [9.17, 15) is 24.2 Å². The van der Waals surface area contributed by atoms with Crippen LogP contribution in [0.1, 0.15) is 46.5 Å². The summed E-state index contributed by atoms with van der Waals surface area (Å²) < 4.78 is 35.8. The number of amides is 1. The molecule has 8 atom stereocenters. The van der Waals surface area contributed by atoms with Crippen molar-refractivity contribution in [2.45, 2.75) is 63.8 Å². The lowest BCUT2D eigenvalue weighted by Crippen LogP contribution is -2.70. The Kier molecular flexibility index (Phi) is 6.15. The number of rotatable bonds is 5. The van der Waals surface area contributed by atoms with Crippen molar-refractivity contribution >= 4 is 11.7 Å². The Balaban J connectivity index is 1.36. The maximum absolute atomic E-state index is 17.2. The van der Waals surface area contributed by atoms with Crippen LogP contribution in [0.15, 0.2) is 48.1 Å². The van der Waals surface area contributed by atoms with Crippen molar-refractivity contribution in [3.8, 4) is 5.75 Å². The van der Waals surface area contributed by atoms with Crippen molar-refractivity contribution in [2.75, 3.05) is 13.2 Å². The average molecular weight is 516 g/mol. The molecule has 1 aromatic carbocycles. The number of benzene rings is 1. The van der Waals surface area contributed by atoms with Gasteiger partial charge in [-0.05, 0) is 80.9 Å². The first kappa shape index (κ1) is 26.0. The number of aliphatic hydroxyl groups is 2. The summed E-state index contributed by atoms with van der Waals surface area (Å²) in [5.74, 6) is -2.00. The van der Waals surface area contributed by atoms with Crippen LogP contribution in [0.3, 0.4) is 0 Å². The summed E-state index contributed by atoms with van der Waals surface area (Å²) in [6.07, 6.45) is 4.39. The Bertz CT molecular complexity index is 1170. The molecule has 3 saturated carbocycles. The van der Waals surface area contributed by atoms with Gasteiger partial charge in [-0.3, -0.25) is 9.59 Å². The monoisotopic (exact) mass is 515 g/mol. The lowest BCUT2D eigenvalue weighted by atomic mass is 9.44. The third-order valence-corrected chi connectivity index (χ3v) is 10.0. The van der Waals surface area contributed by atoms with E-state index < -0.39 is 45.9 Å². The second-order valence-electron chi connectivity index (χ2n) is 11.7. The highest BCUT2D eigenvalue weighted by atomic mass is 19.1. The van der Waals surface area contributed by atoms with Crippen LogP contribution in [0.4, 0.5) is 8.78 Å². The molecule has 0 aliphatic heterocycles. The Morgan fingerprint density at radius 2 is 1.92 bits per heavy atom. The highest BCUT2D eigenvalue weighted by molar-refractivity contribution is 6.01. The number of alkyl halides is 1. The average Bonchev–Trinajstić information content (AvgIpc) is 3.05. The number of halogens is 2. The van der Waals surface area contributed by atoms with Gasteiger partial charge in [0.2, 0.25) is 0 Å². The summed E-state index contributed by atoms with van der Waals surface area (Å²) in [7, 11) is 0.